The van der Waals surface area contributed by atoms with Crippen molar-refractivity contribution in [2.24, 2.45) is 0 Å². The number of fused-ring (bicyclic) bond motifs is 3. The molecule has 0 aliphatic carbocycles. The monoisotopic (exact) mass is 495 g/mol. The fraction of sp³-hybridized carbons (Fsp3) is 0.250. The Kier molecular flexibility index (Phi) is 5.46. The number of nitrogens with one attached hydrogen (secondary N) is 2. The van der Waals surface area contributed by atoms with Gasteiger partial charge in [-0.15, -0.1) is 0 Å². The maximum Gasteiger partial charge on any atom is 0.241 e. The Morgan fingerprint density at radius 3 is 2.69 bits per heavy atom. The Morgan fingerprint density at radius 1 is 1.24 bits per heavy atom. The molecule has 0 saturated carbocycles. The first-order valence-electron chi connectivity index (χ1n) is 9.11. The predicted molar refractivity (Wildman–Crippen MR) is 116 cm³/mol. The maximum absolute atomic E-state index is 13.0. The first-order valence-corrected chi connectivity index (χ1v) is 11.8. The molecule has 4 rings (SSSR count). The van der Waals surface area contributed by atoms with E-state index in [1.807, 2.05) is 18.2 Å². The second kappa shape index (κ2) is 7.75. The van der Waals surface area contributed by atoms with E-state index in [1.165, 1.54) is 24.3 Å². The van der Waals surface area contributed by atoms with Crippen LogP contribution in [0.25, 0.3) is 10.9 Å². The van der Waals surface area contributed by atoms with Crippen molar-refractivity contribution in [2.75, 3.05) is 6.54 Å². The Balaban J connectivity index is 1.52. The molecule has 6 nitrogen and oxygen atoms in total. The van der Waals surface area contributed by atoms with Gasteiger partial charge in [0.1, 0.15) is 0 Å². The lowest BCUT2D eigenvalue weighted by Crippen LogP contribution is -2.48. The van der Waals surface area contributed by atoms with Gasteiger partial charge in [-0.2, -0.15) is 4.72 Å². The SMILES string of the molecule is C[C@H](NS(=O)(=O)c1ccc(Cl)cc1)C(=O)N1CCc2[nH]c3c(Br)cccc3c2C1. The van der Waals surface area contributed by atoms with Gasteiger partial charge in [0.05, 0.1) is 16.5 Å². The largest absolute Gasteiger partial charge is 0.357 e. The number of amides is 1. The lowest BCUT2D eigenvalue weighted by molar-refractivity contribution is -0.133. The molecule has 0 spiro atoms. The van der Waals surface area contributed by atoms with Gasteiger partial charge in [0.2, 0.25) is 15.9 Å². The number of rotatable bonds is 4. The van der Waals surface area contributed by atoms with Crippen LogP contribution in [0.2, 0.25) is 5.02 Å². The van der Waals surface area contributed by atoms with Gasteiger partial charge in [-0.25, -0.2) is 8.42 Å². The number of H-pyrrole nitrogens is 1. The van der Waals surface area contributed by atoms with E-state index < -0.39 is 16.1 Å². The zero-order valence-electron chi connectivity index (χ0n) is 15.6. The topological polar surface area (TPSA) is 82.3 Å². The van der Waals surface area contributed by atoms with Gasteiger partial charge in [0.15, 0.2) is 0 Å². The van der Waals surface area contributed by atoms with Gasteiger partial charge in [0.25, 0.3) is 0 Å². The molecule has 0 saturated heterocycles. The van der Waals surface area contributed by atoms with Crippen LogP contribution in [0.1, 0.15) is 18.2 Å². The summed E-state index contributed by atoms with van der Waals surface area (Å²) in [4.78, 5) is 18.2. The number of aromatic amines is 1. The number of para-hydroxylation sites is 1. The summed E-state index contributed by atoms with van der Waals surface area (Å²) in [6, 6.07) is 10.9. The molecule has 3 aromatic rings. The zero-order chi connectivity index (χ0) is 20.8. The Morgan fingerprint density at radius 2 is 1.97 bits per heavy atom. The number of hydrogen-bond acceptors (Lipinski definition) is 3. The van der Waals surface area contributed by atoms with Crippen LogP contribution in [0.3, 0.4) is 0 Å². The fourth-order valence-corrected chi connectivity index (χ4v) is 5.42. The average Bonchev–Trinajstić information content (AvgIpc) is 3.07. The molecular formula is C20H19BrClN3O3S. The van der Waals surface area contributed by atoms with Crippen LogP contribution in [-0.2, 0) is 27.8 Å². The molecular weight excluding hydrogens is 478 g/mol. The van der Waals surface area contributed by atoms with Crippen molar-refractivity contribution in [2.45, 2.75) is 30.8 Å². The third-order valence-corrected chi connectivity index (χ3v) is 7.57. The van der Waals surface area contributed by atoms with Crippen molar-refractivity contribution in [3.63, 3.8) is 0 Å². The van der Waals surface area contributed by atoms with Crippen molar-refractivity contribution in [1.82, 2.24) is 14.6 Å². The molecule has 2 heterocycles. The molecule has 0 unspecified atom stereocenters. The number of nitrogens with zero attached hydrogens (tertiary/aromatic N) is 1. The summed E-state index contributed by atoms with van der Waals surface area (Å²) in [5, 5.41) is 1.52. The lowest BCUT2D eigenvalue weighted by Gasteiger charge is -2.29. The average molecular weight is 497 g/mol. The maximum atomic E-state index is 13.0. The molecule has 0 radical (unpaired) electrons. The smallest absolute Gasteiger partial charge is 0.241 e. The summed E-state index contributed by atoms with van der Waals surface area (Å²) in [5.74, 6) is -0.252. The van der Waals surface area contributed by atoms with Gasteiger partial charge >= 0.3 is 0 Å². The molecule has 29 heavy (non-hydrogen) atoms. The summed E-state index contributed by atoms with van der Waals surface area (Å²) >= 11 is 9.37. The van der Waals surface area contributed by atoms with E-state index in [1.54, 1.807) is 11.8 Å². The van der Waals surface area contributed by atoms with Crippen LogP contribution in [0, 0.1) is 0 Å². The third-order valence-electron chi connectivity index (χ3n) is 5.10. The molecule has 9 heteroatoms. The quantitative estimate of drug-likeness (QED) is 0.576. The molecule has 1 aromatic heterocycles. The van der Waals surface area contributed by atoms with Gasteiger partial charge in [0, 0.05) is 45.6 Å². The highest BCUT2D eigenvalue weighted by molar-refractivity contribution is 9.10. The van der Waals surface area contributed by atoms with E-state index >= 15 is 0 Å². The van der Waals surface area contributed by atoms with Crippen molar-refractivity contribution in [1.29, 1.82) is 0 Å². The summed E-state index contributed by atoms with van der Waals surface area (Å²) < 4.78 is 28.6. The lowest BCUT2D eigenvalue weighted by atomic mass is 10.0. The minimum Gasteiger partial charge on any atom is -0.357 e. The van der Waals surface area contributed by atoms with Crippen LogP contribution in [0.4, 0.5) is 0 Å². The van der Waals surface area contributed by atoms with Gasteiger partial charge in [-0.3, -0.25) is 4.79 Å². The number of hydrogen-bond donors (Lipinski definition) is 2. The predicted octanol–water partition coefficient (Wildman–Crippen LogP) is 3.84. The van der Waals surface area contributed by atoms with Crippen LogP contribution >= 0.6 is 27.5 Å². The molecule has 0 bridgehead atoms. The van der Waals surface area contributed by atoms with E-state index in [9.17, 15) is 13.2 Å². The standard InChI is InChI=1S/C20H19BrClN3O3S/c1-12(24-29(27,28)14-7-5-13(22)6-8-14)20(26)25-10-9-18-16(11-25)15-3-2-4-17(21)19(15)23-18/h2-8,12,23-24H,9-11H2,1H3/t12-/m0/s1. The molecule has 2 aromatic carbocycles. The first-order chi connectivity index (χ1) is 13.8. The minimum absolute atomic E-state index is 0.0731. The van der Waals surface area contributed by atoms with Gasteiger partial charge in [-0.1, -0.05) is 23.7 Å². The molecule has 1 aliphatic rings. The van der Waals surface area contributed by atoms with Crippen LogP contribution < -0.4 is 4.72 Å². The Labute approximate surface area is 182 Å². The highest BCUT2D eigenvalue weighted by Gasteiger charge is 2.29. The third kappa shape index (κ3) is 3.94. The molecule has 1 amide bonds. The van der Waals surface area contributed by atoms with Gasteiger partial charge < -0.3 is 9.88 Å². The first kappa shape index (κ1) is 20.4. The number of halogens is 2. The Bertz CT molecular complexity index is 1190. The summed E-state index contributed by atoms with van der Waals surface area (Å²) in [5.41, 5.74) is 3.21. The number of benzene rings is 2. The fourth-order valence-electron chi connectivity index (χ4n) is 3.63. The van der Waals surface area contributed by atoms with E-state index in [4.69, 9.17) is 11.6 Å². The minimum atomic E-state index is -3.82. The van der Waals surface area contributed by atoms with Crippen LogP contribution in [-0.4, -0.2) is 36.8 Å². The van der Waals surface area contributed by atoms with Gasteiger partial charge in [-0.05, 0) is 53.2 Å². The molecule has 1 aliphatic heterocycles. The molecule has 0 fully saturated rings. The highest BCUT2D eigenvalue weighted by Crippen LogP contribution is 2.32. The number of sulfonamides is 1. The molecule has 152 valence electrons. The molecule has 2 N–H and O–H groups in total. The van der Waals surface area contributed by atoms with E-state index in [-0.39, 0.29) is 10.8 Å². The normalized spacial score (nSPS) is 15.3. The Hall–Kier alpha value is -1.87. The van der Waals surface area contributed by atoms with Crippen LogP contribution in [0.5, 0.6) is 0 Å². The molecule has 1 atom stereocenters. The second-order valence-corrected chi connectivity index (χ2v) is 10.1. The summed E-state index contributed by atoms with van der Waals surface area (Å²) in [7, 11) is -3.82. The highest BCUT2D eigenvalue weighted by atomic mass is 79.9. The number of aromatic nitrogens is 1. The zero-order valence-corrected chi connectivity index (χ0v) is 18.7. The number of carbonyl (C=O) groups is 1. The van der Waals surface area contributed by atoms with Crippen molar-refractivity contribution in [3.8, 4) is 0 Å². The second-order valence-electron chi connectivity index (χ2n) is 7.05. The van der Waals surface area contributed by atoms with Crippen LogP contribution in [0.15, 0.2) is 51.8 Å². The number of carbonyl (C=O) groups excluding carboxylic acids is 1. The van der Waals surface area contributed by atoms with E-state index in [0.717, 1.165) is 26.6 Å². The van der Waals surface area contributed by atoms with E-state index in [2.05, 4.69) is 25.6 Å². The van der Waals surface area contributed by atoms with Crippen molar-refractivity contribution < 1.29 is 13.2 Å². The van der Waals surface area contributed by atoms with Crippen molar-refractivity contribution >= 4 is 54.4 Å². The summed E-state index contributed by atoms with van der Waals surface area (Å²) in [6.45, 7) is 2.54. The summed E-state index contributed by atoms with van der Waals surface area (Å²) in [6.07, 6.45) is 0.693. The van der Waals surface area contributed by atoms with Crippen molar-refractivity contribution in [3.05, 3.63) is 63.2 Å². The van der Waals surface area contributed by atoms with E-state index in [0.29, 0.717) is 24.5 Å².